The van der Waals surface area contributed by atoms with Gasteiger partial charge in [0.15, 0.2) is 5.69 Å². The average molecular weight is 220 g/mol. The van der Waals surface area contributed by atoms with Crippen molar-refractivity contribution in [3.63, 3.8) is 0 Å². The van der Waals surface area contributed by atoms with Crippen LogP contribution in [-0.2, 0) is 0 Å². The Morgan fingerprint density at radius 1 is 1.50 bits per heavy atom. The molecule has 0 bridgehead atoms. The minimum atomic E-state index is -1.06. The first-order valence-electron chi connectivity index (χ1n) is 5.07. The van der Waals surface area contributed by atoms with Gasteiger partial charge in [0.1, 0.15) is 11.5 Å². The molecule has 1 aliphatic carbocycles. The zero-order valence-corrected chi connectivity index (χ0v) is 8.35. The second kappa shape index (κ2) is 3.04. The minimum Gasteiger partial charge on any atom is -0.477 e. The smallest absolute Gasteiger partial charge is 0.354 e. The fraction of sp³-hybridized carbons (Fsp3) is 0.273. The maximum absolute atomic E-state index is 13.1. The molecule has 0 aromatic carbocycles. The standard InChI is InChI=1S/C11H9FN2O2/c12-7-3-4-8-13-9(6-1-2-6)10(11(15)16)14(8)5-7/h3-6H,1-2H2,(H,15,16). The van der Waals surface area contributed by atoms with Crippen LogP contribution in [0.3, 0.4) is 0 Å². The summed E-state index contributed by atoms with van der Waals surface area (Å²) in [5.41, 5.74) is 1.16. The molecule has 5 heteroatoms. The van der Waals surface area contributed by atoms with Gasteiger partial charge in [-0.15, -0.1) is 0 Å². The van der Waals surface area contributed by atoms with E-state index in [0.29, 0.717) is 11.3 Å². The maximum atomic E-state index is 13.1. The van der Waals surface area contributed by atoms with Crippen molar-refractivity contribution < 1.29 is 14.3 Å². The Labute approximate surface area is 90.3 Å². The first-order valence-corrected chi connectivity index (χ1v) is 5.07. The summed E-state index contributed by atoms with van der Waals surface area (Å²) in [5.74, 6) is -1.29. The number of carboxylic acids is 1. The van der Waals surface area contributed by atoms with E-state index in [1.54, 1.807) is 0 Å². The summed E-state index contributed by atoms with van der Waals surface area (Å²) >= 11 is 0. The van der Waals surface area contributed by atoms with Gasteiger partial charge in [-0.3, -0.25) is 4.40 Å². The van der Waals surface area contributed by atoms with Crippen molar-refractivity contribution in [2.45, 2.75) is 18.8 Å². The molecule has 0 spiro atoms. The van der Waals surface area contributed by atoms with E-state index in [4.69, 9.17) is 5.11 Å². The van der Waals surface area contributed by atoms with E-state index in [0.717, 1.165) is 19.0 Å². The van der Waals surface area contributed by atoms with Gasteiger partial charge in [0.05, 0.1) is 5.69 Å². The topological polar surface area (TPSA) is 54.6 Å². The largest absolute Gasteiger partial charge is 0.477 e. The quantitative estimate of drug-likeness (QED) is 0.842. The van der Waals surface area contributed by atoms with Crippen LogP contribution in [0.2, 0.25) is 0 Å². The molecule has 0 radical (unpaired) electrons. The number of nitrogens with zero attached hydrogens (tertiary/aromatic N) is 2. The van der Waals surface area contributed by atoms with Gasteiger partial charge in [0.2, 0.25) is 0 Å². The molecule has 0 atom stereocenters. The van der Waals surface area contributed by atoms with Crippen LogP contribution < -0.4 is 0 Å². The van der Waals surface area contributed by atoms with Crippen LogP contribution in [0.1, 0.15) is 34.9 Å². The van der Waals surface area contributed by atoms with Gasteiger partial charge in [-0.2, -0.15) is 0 Å². The number of carboxylic acid groups (broad SMARTS) is 1. The Morgan fingerprint density at radius 2 is 2.25 bits per heavy atom. The third kappa shape index (κ3) is 1.28. The number of aromatic carboxylic acids is 1. The predicted octanol–water partition coefficient (Wildman–Crippen LogP) is 2.05. The summed E-state index contributed by atoms with van der Waals surface area (Å²) in [4.78, 5) is 15.4. The van der Waals surface area contributed by atoms with Crippen LogP contribution in [0.15, 0.2) is 18.3 Å². The summed E-state index contributed by atoms with van der Waals surface area (Å²) in [6.45, 7) is 0. The molecular formula is C11H9FN2O2. The molecule has 82 valence electrons. The molecule has 0 aliphatic heterocycles. The van der Waals surface area contributed by atoms with Crippen LogP contribution in [0.4, 0.5) is 4.39 Å². The number of hydrogen-bond acceptors (Lipinski definition) is 2. The second-order valence-corrected chi connectivity index (χ2v) is 4.00. The van der Waals surface area contributed by atoms with Gasteiger partial charge in [0.25, 0.3) is 0 Å². The van der Waals surface area contributed by atoms with Gasteiger partial charge in [-0.05, 0) is 25.0 Å². The summed E-state index contributed by atoms with van der Waals surface area (Å²) < 4.78 is 14.4. The summed E-state index contributed by atoms with van der Waals surface area (Å²) in [5, 5.41) is 9.14. The number of pyridine rings is 1. The molecule has 0 amide bonds. The molecule has 0 unspecified atom stereocenters. The average Bonchev–Trinajstić information content (AvgIpc) is 2.99. The van der Waals surface area contributed by atoms with E-state index in [2.05, 4.69) is 4.98 Å². The minimum absolute atomic E-state index is 0.0944. The lowest BCUT2D eigenvalue weighted by molar-refractivity contribution is 0.0688. The van der Waals surface area contributed by atoms with Crippen molar-refractivity contribution in [1.29, 1.82) is 0 Å². The van der Waals surface area contributed by atoms with E-state index < -0.39 is 11.8 Å². The highest BCUT2D eigenvalue weighted by atomic mass is 19.1. The number of hydrogen-bond donors (Lipinski definition) is 1. The lowest BCUT2D eigenvalue weighted by Crippen LogP contribution is -2.05. The second-order valence-electron chi connectivity index (χ2n) is 4.00. The number of rotatable bonds is 2. The number of imidazole rings is 1. The van der Waals surface area contributed by atoms with Crippen LogP contribution in [0, 0.1) is 5.82 Å². The fourth-order valence-electron chi connectivity index (χ4n) is 1.89. The Balaban J connectivity index is 2.33. The van der Waals surface area contributed by atoms with Crippen molar-refractivity contribution in [1.82, 2.24) is 9.38 Å². The molecule has 0 saturated heterocycles. The van der Waals surface area contributed by atoms with Crippen LogP contribution in [-0.4, -0.2) is 20.5 Å². The molecule has 1 saturated carbocycles. The maximum Gasteiger partial charge on any atom is 0.354 e. The third-order valence-electron chi connectivity index (χ3n) is 2.78. The van der Waals surface area contributed by atoms with Crippen LogP contribution >= 0.6 is 0 Å². The van der Waals surface area contributed by atoms with Gasteiger partial charge in [-0.1, -0.05) is 0 Å². The highest BCUT2D eigenvalue weighted by Crippen LogP contribution is 2.41. The Morgan fingerprint density at radius 3 is 2.88 bits per heavy atom. The lowest BCUT2D eigenvalue weighted by Gasteiger charge is -1.98. The van der Waals surface area contributed by atoms with Gasteiger partial charge in [0, 0.05) is 12.1 Å². The molecule has 2 aromatic heterocycles. The van der Waals surface area contributed by atoms with Crippen molar-refractivity contribution in [2.75, 3.05) is 0 Å². The number of carbonyl (C=O) groups is 1. The molecule has 4 nitrogen and oxygen atoms in total. The molecule has 1 fully saturated rings. The van der Waals surface area contributed by atoms with Crippen molar-refractivity contribution in [2.24, 2.45) is 0 Å². The molecule has 1 aliphatic rings. The Bertz CT molecular complexity index is 587. The molecule has 2 heterocycles. The molecule has 1 N–H and O–H groups in total. The lowest BCUT2D eigenvalue weighted by atomic mass is 10.2. The van der Waals surface area contributed by atoms with Crippen LogP contribution in [0.5, 0.6) is 0 Å². The van der Waals surface area contributed by atoms with Crippen LogP contribution in [0.25, 0.3) is 5.65 Å². The van der Waals surface area contributed by atoms with E-state index in [9.17, 15) is 9.18 Å². The number of aromatic nitrogens is 2. The van der Waals surface area contributed by atoms with E-state index in [-0.39, 0.29) is 11.6 Å². The van der Waals surface area contributed by atoms with Gasteiger partial charge >= 0.3 is 5.97 Å². The molecule has 3 rings (SSSR count). The zero-order chi connectivity index (χ0) is 11.3. The van der Waals surface area contributed by atoms with Crippen molar-refractivity contribution >= 4 is 11.6 Å². The number of fused-ring (bicyclic) bond motifs is 1. The third-order valence-corrected chi connectivity index (χ3v) is 2.78. The monoisotopic (exact) mass is 220 g/mol. The predicted molar refractivity (Wildman–Crippen MR) is 54.1 cm³/mol. The zero-order valence-electron chi connectivity index (χ0n) is 8.35. The van der Waals surface area contributed by atoms with Crippen molar-refractivity contribution in [3.8, 4) is 0 Å². The normalized spacial score (nSPS) is 15.6. The first-order chi connectivity index (χ1) is 7.66. The SMILES string of the molecule is O=C(O)c1c(C2CC2)nc2ccc(F)cn12. The van der Waals surface area contributed by atoms with Gasteiger partial charge in [-0.25, -0.2) is 14.2 Å². The molecule has 16 heavy (non-hydrogen) atoms. The van der Waals surface area contributed by atoms with Crippen molar-refractivity contribution in [3.05, 3.63) is 35.5 Å². The van der Waals surface area contributed by atoms with E-state index in [1.807, 2.05) is 0 Å². The molecular weight excluding hydrogens is 211 g/mol. The van der Waals surface area contributed by atoms with E-state index >= 15 is 0 Å². The highest BCUT2D eigenvalue weighted by molar-refractivity contribution is 5.88. The van der Waals surface area contributed by atoms with E-state index in [1.165, 1.54) is 16.5 Å². The molecule has 2 aromatic rings. The summed E-state index contributed by atoms with van der Waals surface area (Å²) in [6, 6.07) is 2.78. The van der Waals surface area contributed by atoms with Gasteiger partial charge < -0.3 is 5.11 Å². The Kier molecular flexibility index (Phi) is 1.77. The first kappa shape index (κ1) is 9.33. The fourth-order valence-corrected chi connectivity index (χ4v) is 1.89. The highest BCUT2D eigenvalue weighted by Gasteiger charge is 2.32. The summed E-state index contributed by atoms with van der Waals surface area (Å²) in [6.07, 6.45) is 3.09. The summed E-state index contributed by atoms with van der Waals surface area (Å²) in [7, 11) is 0. The Hall–Kier alpha value is -1.91. The number of halogens is 1.